The summed E-state index contributed by atoms with van der Waals surface area (Å²) >= 11 is 0. The lowest BCUT2D eigenvalue weighted by molar-refractivity contribution is 0.210. The second-order valence-corrected chi connectivity index (χ2v) is 5.58. The molecule has 0 amide bonds. The topological polar surface area (TPSA) is 51.5 Å². The number of hydrogen-bond donors (Lipinski definition) is 1. The van der Waals surface area contributed by atoms with Crippen LogP contribution in [0.1, 0.15) is 0 Å². The Morgan fingerprint density at radius 2 is 1.92 bits per heavy atom. The molecule has 0 saturated carbocycles. The molecule has 0 unspecified atom stereocenters. The van der Waals surface area contributed by atoms with Crippen LogP contribution in [0.25, 0.3) is 27.7 Å². The highest BCUT2D eigenvalue weighted by atomic mass is 16.5. The zero-order valence-electron chi connectivity index (χ0n) is 13.4. The number of imidazole rings is 1. The van der Waals surface area contributed by atoms with Gasteiger partial charge in [-0.2, -0.15) is 0 Å². The number of nitrogens with zero attached hydrogens (tertiary/aromatic N) is 3. The Morgan fingerprint density at radius 1 is 1.04 bits per heavy atom. The Labute approximate surface area is 139 Å². The SMILES string of the molecule is COCCNc1ccc2ncc(-c3cccc4ccccc34)n2n1. The first-order valence-corrected chi connectivity index (χ1v) is 7.92. The summed E-state index contributed by atoms with van der Waals surface area (Å²) in [4.78, 5) is 4.49. The fraction of sp³-hybridized carbons (Fsp3) is 0.158. The molecule has 5 nitrogen and oxygen atoms in total. The molecule has 0 aliphatic heterocycles. The molecule has 24 heavy (non-hydrogen) atoms. The third kappa shape index (κ3) is 2.59. The van der Waals surface area contributed by atoms with Gasteiger partial charge in [0.05, 0.1) is 18.5 Å². The molecule has 1 N–H and O–H groups in total. The van der Waals surface area contributed by atoms with Crippen molar-refractivity contribution in [3.8, 4) is 11.3 Å². The predicted molar refractivity (Wildman–Crippen MR) is 96.3 cm³/mol. The van der Waals surface area contributed by atoms with Gasteiger partial charge < -0.3 is 10.1 Å². The van der Waals surface area contributed by atoms with Crippen LogP contribution in [0.4, 0.5) is 5.82 Å². The Hall–Kier alpha value is -2.92. The van der Waals surface area contributed by atoms with Crippen LogP contribution in [0.2, 0.25) is 0 Å². The quantitative estimate of drug-likeness (QED) is 0.571. The van der Waals surface area contributed by atoms with Gasteiger partial charge in [-0.15, -0.1) is 5.10 Å². The van der Waals surface area contributed by atoms with Crippen molar-refractivity contribution >= 4 is 22.2 Å². The molecule has 0 atom stereocenters. The molecule has 2 aromatic carbocycles. The van der Waals surface area contributed by atoms with Gasteiger partial charge in [-0.25, -0.2) is 9.50 Å². The van der Waals surface area contributed by atoms with Crippen molar-refractivity contribution in [1.29, 1.82) is 0 Å². The number of benzene rings is 2. The second-order valence-electron chi connectivity index (χ2n) is 5.58. The van der Waals surface area contributed by atoms with E-state index in [0.717, 1.165) is 22.7 Å². The highest BCUT2D eigenvalue weighted by molar-refractivity contribution is 5.96. The normalized spacial score (nSPS) is 11.2. The molecular weight excluding hydrogens is 300 g/mol. The van der Waals surface area contributed by atoms with Crippen molar-refractivity contribution in [3.63, 3.8) is 0 Å². The fourth-order valence-corrected chi connectivity index (χ4v) is 2.88. The predicted octanol–water partition coefficient (Wildman–Crippen LogP) is 3.61. The summed E-state index contributed by atoms with van der Waals surface area (Å²) in [6.07, 6.45) is 1.88. The molecule has 4 aromatic rings. The average Bonchev–Trinajstić information content (AvgIpc) is 3.04. The van der Waals surface area contributed by atoms with Gasteiger partial charge in [0.15, 0.2) is 5.65 Å². The molecule has 0 aliphatic carbocycles. The lowest BCUT2D eigenvalue weighted by atomic mass is 10.0. The maximum Gasteiger partial charge on any atom is 0.154 e. The number of anilines is 1. The zero-order chi connectivity index (χ0) is 16.4. The van der Waals surface area contributed by atoms with E-state index in [1.54, 1.807) is 7.11 Å². The number of rotatable bonds is 5. The first-order chi connectivity index (χ1) is 11.9. The van der Waals surface area contributed by atoms with Gasteiger partial charge in [0.2, 0.25) is 0 Å². The first kappa shape index (κ1) is 14.7. The summed E-state index contributed by atoms with van der Waals surface area (Å²) in [6.45, 7) is 1.35. The Kier molecular flexibility index (Phi) is 3.84. The number of hydrogen-bond acceptors (Lipinski definition) is 4. The van der Waals surface area contributed by atoms with Crippen LogP contribution >= 0.6 is 0 Å². The van der Waals surface area contributed by atoms with Crippen LogP contribution in [0.3, 0.4) is 0 Å². The minimum Gasteiger partial charge on any atom is -0.383 e. The van der Waals surface area contributed by atoms with Gasteiger partial charge in [0.1, 0.15) is 5.82 Å². The van der Waals surface area contributed by atoms with E-state index in [4.69, 9.17) is 4.74 Å². The number of fused-ring (bicyclic) bond motifs is 2. The van der Waals surface area contributed by atoms with E-state index in [-0.39, 0.29) is 0 Å². The van der Waals surface area contributed by atoms with E-state index < -0.39 is 0 Å². The largest absolute Gasteiger partial charge is 0.383 e. The lowest BCUT2D eigenvalue weighted by Crippen LogP contribution is -2.10. The van der Waals surface area contributed by atoms with E-state index in [0.29, 0.717) is 13.2 Å². The van der Waals surface area contributed by atoms with Gasteiger partial charge in [-0.1, -0.05) is 42.5 Å². The monoisotopic (exact) mass is 318 g/mol. The van der Waals surface area contributed by atoms with Crippen LogP contribution < -0.4 is 5.32 Å². The Morgan fingerprint density at radius 3 is 2.83 bits per heavy atom. The highest BCUT2D eigenvalue weighted by Crippen LogP contribution is 2.28. The van der Waals surface area contributed by atoms with Crippen LogP contribution in [-0.4, -0.2) is 34.9 Å². The third-order valence-electron chi connectivity index (χ3n) is 4.04. The van der Waals surface area contributed by atoms with E-state index in [1.807, 2.05) is 22.8 Å². The summed E-state index contributed by atoms with van der Waals surface area (Å²) in [6, 6.07) is 18.6. The van der Waals surface area contributed by atoms with Crippen LogP contribution in [0.5, 0.6) is 0 Å². The van der Waals surface area contributed by atoms with Crippen molar-refractivity contribution in [2.24, 2.45) is 0 Å². The molecular formula is C19H18N4O. The lowest BCUT2D eigenvalue weighted by Gasteiger charge is -2.08. The molecule has 0 spiro atoms. The van der Waals surface area contributed by atoms with Gasteiger partial charge in [0, 0.05) is 19.2 Å². The molecule has 120 valence electrons. The molecule has 0 bridgehead atoms. The summed E-state index contributed by atoms with van der Waals surface area (Å²) < 4.78 is 6.95. The van der Waals surface area contributed by atoms with Crippen LogP contribution in [0.15, 0.2) is 60.8 Å². The van der Waals surface area contributed by atoms with Crippen LogP contribution in [0, 0.1) is 0 Å². The molecule has 0 radical (unpaired) electrons. The summed E-state index contributed by atoms with van der Waals surface area (Å²) in [7, 11) is 1.69. The minimum absolute atomic E-state index is 0.639. The van der Waals surface area contributed by atoms with Crippen molar-refractivity contribution in [1.82, 2.24) is 14.6 Å². The maximum atomic E-state index is 5.07. The molecule has 0 fully saturated rings. The number of nitrogens with one attached hydrogen (secondary N) is 1. The van der Waals surface area contributed by atoms with Gasteiger partial charge in [-0.05, 0) is 22.9 Å². The molecule has 4 rings (SSSR count). The van der Waals surface area contributed by atoms with Gasteiger partial charge in [0.25, 0.3) is 0 Å². The molecule has 2 heterocycles. The van der Waals surface area contributed by atoms with E-state index in [9.17, 15) is 0 Å². The number of methoxy groups -OCH3 is 1. The van der Waals surface area contributed by atoms with Crippen LogP contribution in [-0.2, 0) is 4.74 Å². The zero-order valence-corrected chi connectivity index (χ0v) is 13.4. The van der Waals surface area contributed by atoms with Gasteiger partial charge >= 0.3 is 0 Å². The van der Waals surface area contributed by atoms with E-state index in [1.165, 1.54) is 10.8 Å². The number of ether oxygens (including phenoxy) is 1. The third-order valence-corrected chi connectivity index (χ3v) is 4.04. The summed E-state index contributed by atoms with van der Waals surface area (Å²) in [5.74, 6) is 0.805. The molecule has 2 aromatic heterocycles. The highest BCUT2D eigenvalue weighted by Gasteiger charge is 2.10. The van der Waals surface area contributed by atoms with Crippen molar-refractivity contribution in [2.75, 3.05) is 25.6 Å². The molecule has 0 saturated heterocycles. The molecule has 0 aliphatic rings. The van der Waals surface area contributed by atoms with Crippen molar-refractivity contribution in [2.45, 2.75) is 0 Å². The summed E-state index contributed by atoms with van der Waals surface area (Å²) in [5.41, 5.74) is 2.94. The summed E-state index contributed by atoms with van der Waals surface area (Å²) in [5, 5.41) is 10.3. The molecule has 5 heteroatoms. The Bertz CT molecular complexity index is 988. The second kappa shape index (κ2) is 6.29. The first-order valence-electron chi connectivity index (χ1n) is 7.92. The van der Waals surface area contributed by atoms with Crippen molar-refractivity contribution < 1.29 is 4.74 Å². The fourth-order valence-electron chi connectivity index (χ4n) is 2.88. The van der Waals surface area contributed by atoms with Crippen molar-refractivity contribution in [3.05, 3.63) is 60.8 Å². The maximum absolute atomic E-state index is 5.07. The average molecular weight is 318 g/mol. The van der Waals surface area contributed by atoms with Gasteiger partial charge in [-0.3, -0.25) is 0 Å². The minimum atomic E-state index is 0.639. The van der Waals surface area contributed by atoms with E-state index >= 15 is 0 Å². The number of aromatic nitrogens is 3. The smallest absolute Gasteiger partial charge is 0.154 e. The van der Waals surface area contributed by atoms with E-state index in [2.05, 4.69) is 57.9 Å². The standard InChI is InChI=1S/C19H18N4O/c1-24-12-11-20-18-9-10-19-21-13-17(23(19)22-18)16-8-4-6-14-5-2-3-7-15(14)16/h2-10,13H,11-12H2,1H3,(H,20,22). The Balaban J connectivity index is 1.82.